The topological polar surface area (TPSA) is 82.9 Å². The predicted molar refractivity (Wildman–Crippen MR) is 120 cm³/mol. The van der Waals surface area contributed by atoms with Gasteiger partial charge in [0, 0.05) is 23.3 Å². The Bertz CT molecular complexity index is 463. The molecule has 0 bridgehead atoms. The Morgan fingerprint density at radius 2 is 0.679 bits per heavy atom. The minimum atomic E-state index is -0.0243. The number of hydrogen-bond donors (Lipinski definition) is 2. The van der Waals surface area contributed by atoms with E-state index >= 15 is 0 Å². The highest BCUT2D eigenvalue weighted by molar-refractivity contribution is 5.90. The van der Waals surface area contributed by atoms with Crippen molar-refractivity contribution in [2.45, 2.75) is 83.1 Å². The van der Waals surface area contributed by atoms with Crippen LogP contribution < -0.4 is 10.9 Å². The molecule has 164 valence electrons. The summed E-state index contributed by atoms with van der Waals surface area (Å²) in [5.74, 6) is 1.43. The number of nitrogens with zero attached hydrogens (tertiary/aromatic N) is 2. The zero-order valence-corrected chi connectivity index (χ0v) is 20.2. The molecule has 0 aromatic carbocycles. The van der Waals surface area contributed by atoms with Gasteiger partial charge < -0.3 is 0 Å². The number of amides is 2. The lowest BCUT2D eigenvalue weighted by Gasteiger charge is -2.14. The molecule has 0 aliphatic carbocycles. The average Bonchev–Trinajstić information content (AvgIpc) is 2.53. The molecule has 0 fully saturated rings. The van der Waals surface area contributed by atoms with Gasteiger partial charge in [-0.25, -0.2) is 10.9 Å². The van der Waals surface area contributed by atoms with Crippen LogP contribution in [0, 0.1) is 35.5 Å². The molecule has 0 saturated heterocycles. The Kier molecular flexibility index (Phi) is 14.6. The fourth-order valence-electron chi connectivity index (χ4n) is 2.35. The van der Waals surface area contributed by atoms with Gasteiger partial charge in [-0.3, -0.25) is 9.59 Å². The first-order valence-corrected chi connectivity index (χ1v) is 10.5. The van der Waals surface area contributed by atoms with Crippen LogP contribution in [0.4, 0.5) is 0 Å². The normalized spacial score (nSPS) is 10.9. The van der Waals surface area contributed by atoms with E-state index in [1.54, 1.807) is 0 Å². The van der Waals surface area contributed by atoms with Gasteiger partial charge in [0.1, 0.15) is 0 Å². The third-order valence-electron chi connectivity index (χ3n) is 4.01. The van der Waals surface area contributed by atoms with Gasteiger partial charge in [0.15, 0.2) is 0 Å². The van der Waals surface area contributed by atoms with E-state index in [1.165, 1.54) is 0 Å². The van der Waals surface area contributed by atoms with Crippen LogP contribution in [0.3, 0.4) is 0 Å². The largest absolute Gasteiger partial charge is 0.273 e. The molecule has 2 N–H and O–H groups in total. The molecule has 6 heteroatoms. The van der Waals surface area contributed by atoms with Crippen molar-refractivity contribution < 1.29 is 9.59 Å². The van der Waals surface area contributed by atoms with Gasteiger partial charge in [0.2, 0.25) is 11.8 Å². The molecule has 0 unspecified atom stereocenters. The van der Waals surface area contributed by atoms with E-state index < -0.39 is 0 Å². The standard InChI is InChI=1S/2C11H22N2O/c2*1-7(2)10(8(3)4)12-13-11(14)9(5)6/h2*7-9H,1-6H3,(H,13,14). The fraction of sp³-hybridized carbons (Fsp3) is 0.818. The average molecular weight is 397 g/mol. The summed E-state index contributed by atoms with van der Waals surface area (Å²) in [6, 6.07) is 0. The maximum atomic E-state index is 11.3. The highest BCUT2D eigenvalue weighted by atomic mass is 16.2. The van der Waals surface area contributed by atoms with Gasteiger partial charge in [-0.2, -0.15) is 10.2 Å². The van der Waals surface area contributed by atoms with E-state index in [0.717, 1.165) is 11.4 Å². The zero-order valence-electron chi connectivity index (χ0n) is 20.2. The summed E-state index contributed by atoms with van der Waals surface area (Å²) in [5, 5.41) is 8.32. The van der Waals surface area contributed by atoms with Crippen molar-refractivity contribution >= 4 is 23.2 Å². The molecule has 0 heterocycles. The first-order valence-electron chi connectivity index (χ1n) is 10.5. The molecular formula is C22H44N4O2. The fourth-order valence-corrected chi connectivity index (χ4v) is 2.35. The van der Waals surface area contributed by atoms with E-state index in [4.69, 9.17) is 0 Å². The van der Waals surface area contributed by atoms with Crippen molar-refractivity contribution in [3.8, 4) is 0 Å². The van der Waals surface area contributed by atoms with Gasteiger partial charge in [-0.15, -0.1) is 0 Å². The molecule has 0 saturated carbocycles. The van der Waals surface area contributed by atoms with Crippen LogP contribution >= 0.6 is 0 Å². The zero-order chi connectivity index (χ0) is 22.6. The smallest absolute Gasteiger partial charge is 0.242 e. The minimum Gasteiger partial charge on any atom is -0.273 e. The number of rotatable bonds is 8. The van der Waals surface area contributed by atoms with Crippen molar-refractivity contribution in [1.29, 1.82) is 0 Å². The summed E-state index contributed by atoms with van der Waals surface area (Å²) in [4.78, 5) is 22.5. The summed E-state index contributed by atoms with van der Waals surface area (Å²) in [7, 11) is 0. The SMILES string of the molecule is CC(C)C(=O)NN=C(C(C)C)C(C)C.CC(C)C(=O)NN=C(C(C)C)C(C)C. The van der Waals surface area contributed by atoms with Crippen LogP contribution in [0.1, 0.15) is 83.1 Å². The van der Waals surface area contributed by atoms with Crippen LogP contribution in [0.5, 0.6) is 0 Å². The van der Waals surface area contributed by atoms with Crippen molar-refractivity contribution in [2.24, 2.45) is 45.7 Å². The summed E-state index contributed by atoms with van der Waals surface area (Å²) < 4.78 is 0. The molecule has 0 aromatic rings. The lowest BCUT2D eigenvalue weighted by Crippen LogP contribution is -2.27. The maximum absolute atomic E-state index is 11.3. The third kappa shape index (κ3) is 12.6. The van der Waals surface area contributed by atoms with Crippen LogP contribution in [-0.4, -0.2) is 23.2 Å². The van der Waals surface area contributed by atoms with Gasteiger partial charge >= 0.3 is 0 Å². The lowest BCUT2D eigenvalue weighted by molar-refractivity contribution is -0.124. The quantitative estimate of drug-likeness (QED) is 0.454. The monoisotopic (exact) mass is 396 g/mol. The molecule has 0 aromatic heterocycles. The Morgan fingerprint density at radius 1 is 0.464 bits per heavy atom. The third-order valence-corrected chi connectivity index (χ3v) is 4.01. The summed E-state index contributed by atoms with van der Waals surface area (Å²) in [6.07, 6.45) is 0. The molecule has 28 heavy (non-hydrogen) atoms. The Balaban J connectivity index is 0. The van der Waals surface area contributed by atoms with E-state index in [-0.39, 0.29) is 23.7 Å². The van der Waals surface area contributed by atoms with Crippen LogP contribution in [0.25, 0.3) is 0 Å². The van der Waals surface area contributed by atoms with E-state index in [9.17, 15) is 9.59 Å². The van der Waals surface area contributed by atoms with Crippen molar-refractivity contribution in [1.82, 2.24) is 10.9 Å². The number of nitrogens with one attached hydrogen (secondary N) is 2. The van der Waals surface area contributed by atoms with Gasteiger partial charge in [0.05, 0.1) is 0 Å². The van der Waals surface area contributed by atoms with E-state index in [1.807, 2.05) is 27.7 Å². The Labute approximate surface area is 173 Å². The van der Waals surface area contributed by atoms with Crippen molar-refractivity contribution in [3.05, 3.63) is 0 Å². The van der Waals surface area contributed by atoms with Crippen molar-refractivity contribution in [3.63, 3.8) is 0 Å². The molecule has 0 spiro atoms. The van der Waals surface area contributed by atoms with Gasteiger partial charge in [-0.05, 0) is 23.7 Å². The first-order chi connectivity index (χ1) is 12.7. The number of carbonyl (C=O) groups excluding carboxylic acids is 2. The maximum Gasteiger partial charge on any atom is 0.242 e. The molecule has 0 rings (SSSR count). The highest BCUT2D eigenvalue weighted by Gasteiger charge is 2.12. The summed E-state index contributed by atoms with van der Waals surface area (Å²) in [5.41, 5.74) is 7.27. The van der Waals surface area contributed by atoms with Crippen LogP contribution in [0.15, 0.2) is 10.2 Å². The molecule has 0 aliphatic heterocycles. The van der Waals surface area contributed by atoms with Crippen LogP contribution in [-0.2, 0) is 9.59 Å². The number of hydrogen-bond acceptors (Lipinski definition) is 4. The second kappa shape index (κ2) is 14.3. The van der Waals surface area contributed by atoms with Crippen molar-refractivity contribution in [2.75, 3.05) is 0 Å². The highest BCUT2D eigenvalue weighted by Crippen LogP contribution is 2.08. The number of carbonyl (C=O) groups is 2. The first kappa shape index (κ1) is 28.5. The molecule has 0 aliphatic rings. The lowest BCUT2D eigenvalue weighted by atomic mass is 9.98. The molecule has 2 amide bonds. The molecule has 6 nitrogen and oxygen atoms in total. The predicted octanol–water partition coefficient (Wildman–Crippen LogP) is 4.85. The molecule has 0 radical (unpaired) electrons. The van der Waals surface area contributed by atoms with Gasteiger partial charge in [0.25, 0.3) is 0 Å². The number of hydrazone groups is 2. The molecular weight excluding hydrogens is 352 g/mol. The Morgan fingerprint density at radius 3 is 0.821 bits per heavy atom. The van der Waals surface area contributed by atoms with Gasteiger partial charge in [-0.1, -0.05) is 83.1 Å². The second-order valence-corrected chi connectivity index (χ2v) is 8.95. The Hall–Kier alpha value is -1.72. The van der Waals surface area contributed by atoms with E-state index in [2.05, 4.69) is 76.4 Å². The minimum absolute atomic E-state index is 0.0145. The summed E-state index contributed by atoms with van der Waals surface area (Å²) >= 11 is 0. The molecule has 0 atom stereocenters. The summed E-state index contributed by atoms with van der Waals surface area (Å²) in [6.45, 7) is 24.1. The second-order valence-electron chi connectivity index (χ2n) is 8.95. The van der Waals surface area contributed by atoms with E-state index in [0.29, 0.717) is 23.7 Å². The van der Waals surface area contributed by atoms with Crippen LogP contribution in [0.2, 0.25) is 0 Å².